The number of halogens is 2. The molecule has 6 heteroatoms. The van der Waals surface area contributed by atoms with Crippen LogP contribution in [0, 0.1) is 6.92 Å². The molecule has 1 heterocycles. The summed E-state index contributed by atoms with van der Waals surface area (Å²) in [5.41, 5.74) is 1.83. The smallest absolute Gasteiger partial charge is 0.277 e. The van der Waals surface area contributed by atoms with E-state index in [-0.39, 0.29) is 10.6 Å². The molecule has 1 aliphatic rings. The van der Waals surface area contributed by atoms with Gasteiger partial charge in [-0.2, -0.15) is 0 Å². The lowest BCUT2D eigenvalue weighted by molar-refractivity contribution is -0.119. The highest BCUT2D eigenvalue weighted by molar-refractivity contribution is 6.60. The Labute approximate surface area is 149 Å². The van der Waals surface area contributed by atoms with E-state index in [1.807, 2.05) is 6.92 Å². The second kappa shape index (κ2) is 6.30. The van der Waals surface area contributed by atoms with Crippen LogP contribution in [-0.4, -0.2) is 18.9 Å². The quantitative estimate of drug-likeness (QED) is 0.770. The maximum absolute atomic E-state index is 12.9. The number of imide groups is 1. The van der Waals surface area contributed by atoms with Gasteiger partial charge in [-0.15, -0.1) is 0 Å². The molecule has 4 nitrogen and oxygen atoms in total. The number of benzene rings is 2. The number of amides is 2. The van der Waals surface area contributed by atoms with Crippen molar-refractivity contribution in [1.29, 1.82) is 0 Å². The van der Waals surface area contributed by atoms with Crippen molar-refractivity contribution in [2.24, 2.45) is 0 Å². The van der Waals surface area contributed by atoms with Gasteiger partial charge in [0.1, 0.15) is 10.8 Å². The van der Waals surface area contributed by atoms with Crippen molar-refractivity contribution < 1.29 is 14.3 Å². The summed E-state index contributed by atoms with van der Waals surface area (Å²) < 4.78 is 5.27. The number of ether oxygens (including phenoxy) is 1. The van der Waals surface area contributed by atoms with Crippen molar-refractivity contribution in [1.82, 2.24) is 0 Å². The van der Waals surface area contributed by atoms with Crippen LogP contribution < -0.4 is 9.64 Å². The van der Waals surface area contributed by atoms with E-state index in [0.29, 0.717) is 22.0 Å². The molecule has 0 unspecified atom stereocenters. The molecular weight excluding hydrogens is 349 g/mol. The fourth-order valence-corrected chi connectivity index (χ4v) is 2.98. The van der Waals surface area contributed by atoms with Crippen molar-refractivity contribution in [2.45, 2.75) is 6.92 Å². The number of carbonyl (C=O) groups excluding carboxylic acids is 2. The van der Waals surface area contributed by atoms with Gasteiger partial charge >= 0.3 is 0 Å². The van der Waals surface area contributed by atoms with Crippen molar-refractivity contribution in [3.8, 4) is 5.75 Å². The van der Waals surface area contributed by atoms with Gasteiger partial charge in [0, 0.05) is 10.6 Å². The van der Waals surface area contributed by atoms with Crippen LogP contribution in [-0.2, 0) is 9.59 Å². The standard InChI is InChI=1S/C18H13Cl2NO3/c1-10-7-8-11(9-13(10)19)21-17(22)15(16(20)18(21)23)12-5-3-4-6-14(12)24-2/h3-9H,1-2H3. The highest BCUT2D eigenvalue weighted by atomic mass is 35.5. The minimum Gasteiger partial charge on any atom is -0.496 e. The lowest BCUT2D eigenvalue weighted by atomic mass is 10.0. The van der Waals surface area contributed by atoms with Crippen molar-refractivity contribution in [3.63, 3.8) is 0 Å². The number of aryl methyl sites for hydroxylation is 1. The Hall–Kier alpha value is -2.30. The Morgan fingerprint density at radius 2 is 1.71 bits per heavy atom. The Bertz CT molecular complexity index is 890. The van der Waals surface area contributed by atoms with E-state index in [1.165, 1.54) is 7.11 Å². The fraction of sp³-hybridized carbons (Fsp3) is 0.111. The third-order valence-corrected chi connectivity index (χ3v) is 4.58. The predicted molar refractivity (Wildman–Crippen MR) is 94.4 cm³/mol. The lowest BCUT2D eigenvalue weighted by Crippen LogP contribution is -2.31. The molecule has 1 aliphatic heterocycles. The Morgan fingerprint density at radius 1 is 1.00 bits per heavy atom. The summed E-state index contributed by atoms with van der Waals surface area (Å²) in [6.07, 6.45) is 0. The van der Waals surface area contributed by atoms with Gasteiger partial charge in [0.15, 0.2) is 0 Å². The molecule has 2 aromatic carbocycles. The zero-order valence-corrected chi connectivity index (χ0v) is 14.5. The molecule has 0 atom stereocenters. The number of carbonyl (C=O) groups is 2. The average Bonchev–Trinajstić information content (AvgIpc) is 2.80. The van der Waals surface area contributed by atoms with Crippen LogP contribution in [0.15, 0.2) is 47.5 Å². The van der Waals surface area contributed by atoms with Crippen molar-refractivity contribution in [3.05, 3.63) is 63.6 Å². The van der Waals surface area contributed by atoms with Crippen LogP contribution in [0.4, 0.5) is 5.69 Å². The van der Waals surface area contributed by atoms with Crippen LogP contribution >= 0.6 is 23.2 Å². The number of para-hydroxylation sites is 1. The Morgan fingerprint density at radius 3 is 2.38 bits per heavy atom. The van der Waals surface area contributed by atoms with Gasteiger partial charge in [-0.3, -0.25) is 9.59 Å². The number of hydrogen-bond acceptors (Lipinski definition) is 3. The summed E-state index contributed by atoms with van der Waals surface area (Å²) in [7, 11) is 1.49. The third kappa shape index (κ3) is 2.58. The van der Waals surface area contributed by atoms with Crippen molar-refractivity contribution >= 4 is 46.3 Å². The van der Waals surface area contributed by atoms with Gasteiger partial charge < -0.3 is 4.74 Å². The normalized spacial score (nSPS) is 14.6. The summed E-state index contributed by atoms with van der Waals surface area (Å²) >= 11 is 12.3. The van der Waals surface area contributed by atoms with E-state index in [4.69, 9.17) is 27.9 Å². The van der Waals surface area contributed by atoms with Gasteiger partial charge in [0.25, 0.3) is 11.8 Å². The molecule has 2 amide bonds. The number of rotatable bonds is 3. The first kappa shape index (κ1) is 16.6. The van der Waals surface area contributed by atoms with Gasteiger partial charge in [0.2, 0.25) is 0 Å². The van der Waals surface area contributed by atoms with Crippen LogP contribution in [0.2, 0.25) is 5.02 Å². The minimum atomic E-state index is -0.581. The highest BCUT2D eigenvalue weighted by Gasteiger charge is 2.40. The molecule has 2 aromatic rings. The molecule has 122 valence electrons. The van der Waals surface area contributed by atoms with Crippen LogP contribution in [0.25, 0.3) is 5.57 Å². The Balaban J connectivity index is 2.09. The molecule has 0 saturated heterocycles. The van der Waals surface area contributed by atoms with E-state index in [9.17, 15) is 9.59 Å². The number of methoxy groups -OCH3 is 1. The summed E-state index contributed by atoms with van der Waals surface area (Å²) in [4.78, 5) is 26.4. The second-order valence-electron chi connectivity index (χ2n) is 5.27. The average molecular weight is 362 g/mol. The van der Waals surface area contributed by atoms with Gasteiger partial charge in [0.05, 0.1) is 18.4 Å². The lowest BCUT2D eigenvalue weighted by Gasteiger charge is -2.16. The first-order valence-corrected chi connectivity index (χ1v) is 7.89. The zero-order chi connectivity index (χ0) is 17.4. The molecule has 0 radical (unpaired) electrons. The molecule has 0 fully saturated rings. The van der Waals surface area contributed by atoms with Crippen LogP contribution in [0.3, 0.4) is 0 Å². The fourth-order valence-electron chi connectivity index (χ4n) is 2.54. The van der Waals surface area contributed by atoms with Gasteiger partial charge in [-0.05, 0) is 30.7 Å². The minimum absolute atomic E-state index is 0.121. The first-order valence-electron chi connectivity index (χ1n) is 7.13. The maximum atomic E-state index is 12.9. The molecule has 0 aromatic heterocycles. The van der Waals surface area contributed by atoms with E-state index >= 15 is 0 Å². The predicted octanol–water partition coefficient (Wildman–Crippen LogP) is 4.18. The Kier molecular flexibility index (Phi) is 4.35. The maximum Gasteiger partial charge on any atom is 0.277 e. The molecule has 0 N–H and O–H groups in total. The van der Waals surface area contributed by atoms with Crippen LogP contribution in [0.5, 0.6) is 5.75 Å². The molecule has 0 spiro atoms. The monoisotopic (exact) mass is 361 g/mol. The van der Waals surface area contributed by atoms with E-state index in [1.54, 1.807) is 42.5 Å². The zero-order valence-electron chi connectivity index (χ0n) is 13.0. The molecular formula is C18H13Cl2NO3. The summed E-state index contributed by atoms with van der Waals surface area (Å²) in [6.45, 7) is 1.84. The van der Waals surface area contributed by atoms with E-state index < -0.39 is 11.8 Å². The molecule has 0 saturated carbocycles. The summed E-state index contributed by atoms with van der Waals surface area (Å²) in [5, 5.41) is 0.330. The number of nitrogens with zero attached hydrogens (tertiary/aromatic N) is 1. The molecule has 0 bridgehead atoms. The van der Waals surface area contributed by atoms with Gasteiger partial charge in [-0.1, -0.05) is 47.5 Å². The molecule has 3 rings (SSSR count). The summed E-state index contributed by atoms with van der Waals surface area (Å²) in [6, 6.07) is 11.9. The van der Waals surface area contributed by atoms with Crippen molar-refractivity contribution in [2.75, 3.05) is 12.0 Å². The van der Waals surface area contributed by atoms with Crippen LogP contribution in [0.1, 0.15) is 11.1 Å². The summed E-state index contributed by atoms with van der Waals surface area (Å²) in [5.74, 6) is -0.618. The highest BCUT2D eigenvalue weighted by Crippen LogP contribution is 2.38. The second-order valence-corrected chi connectivity index (χ2v) is 6.05. The SMILES string of the molecule is COc1ccccc1C1=C(Cl)C(=O)N(c2ccc(C)c(Cl)c2)C1=O. The molecule has 0 aliphatic carbocycles. The number of anilines is 1. The largest absolute Gasteiger partial charge is 0.496 e. The van der Waals surface area contributed by atoms with E-state index in [0.717, 1.165) is 10.5 Å². The molecule has 24 heavy (non-hydrogen) atoms. The van der Waals surface area contributed by atoms with E-state index in [2.05, 4.69) is 0 Å². The first-order chi connectivity index (χ1) is 11.5. The topological polar surface area (TPSA) is 46.6 Å². The van der Waals surface area contributed by atoms with Gasteiger partial charge in [-0.25, -0.2) is 4.90 Å². The number of hydrogen-bond donors (Lipinski definition) is 0. The third-order valence-electron chi connectivity index (χ3n) is 3.82.